The van der Waals surface area contributed by atoms with Gasteiger partial charge in [0.2, 0.25) is 11.8 Å². The molecule has 0 aliphatic carbocycles. The van der Waals surface area contributed by atoms with Crippen LogP contribution in [0.3, 0.4) is 0 Å². The molecular formula is C33H56N7O18P3S. The molecule has 0 bridgehead atoms. The first-order chi connectivity index (χ1) is 28.9. The summed E-state index contributed by atoms with van der Waals surface area (Å²) >= 11 is 1.10. The van der Waals surface area contributed by atoms with Gasteiger partial charge in [0, 0.05) is 37.1 Å². The van der Waals surface area contributed by atoms with E-state index >= 15 is 0 Å². The number of aliphatic hydroxyl groups is 3. The van der Waals surface area contributed by atoms with Crippen molar-refractivity contribution in [3.05, 3.63) is 24.8 Å². The van der Waals surface area contributed by atoms with E-state index in [9.17, 15) is 63.0 Å². The molecule has 25 nitrogen and oxygen atoms in total. The quantitative estimate of drug-likeness (QED) is 0.0327. The molecule has 2 aromatic heterocycles. The third-order valence-corrected chi connectivity index (χ3v) is 13.1. The van der Waals surface area contributed by atoms with Gasteiger partial charge in [-0.15, -0.1) is 0 Å². The summed E-state index contributed by atoms with van der Waals surface area (Å²) in [7, 11) is -16.4. The van der Waals surface area contributed by atoms with E-state index in [1.165, 1.54) is 13.8 Å². The number of fused-ring (bicyclic) bond motifs is 1. The zero-order chi connectivity index (χ0) is 46.3. The van der Waals surface area contributed by atoms with Crippen LogP contribution in [0.25, 0.3) is 11.2 Å². The van der Waals surface area contributed by atoms with E-state index in [1.807, 2.05) is 19.1 Å². The molecular weight excluding hydrogens is 907 g/mol. The molecule has 8 unspecified atom stereocenters. The van der Waals surface area contributed by atoms with Crippen LogP contribution in [-0.2, 0) is 50.7 Å². The molecule has 0 saturated carbocycles. The number of aromatic nitrogens is 4. The number of hydrogen-bond acceptors (Lipinski definition) is 19. The van der Waals surface area contributed by atoms with Gasteiger partial charge in [0.15, 0.2) is 22.8 Å². The zero-order valence-electron chi connectivity index (χ0n) is 34.2. The molecule has 3 rings (SSSR count). The van der Waals surface area contributed by atoms with Crippen LogP contribution in [0.2, 0.25) is 0 Å². The maximum absolute atomic E-state index is 12.7. The van der Waals surface area contributed by atoms with Crippen molar-refractivity contribution < 1.29 is 85.6 Å². The molecule has 0 spiro atoms. The first-order valence-corrected chi connectivity index (χ1v) is 24.8. The van der Waals surface area contributed by atoms with Crippen LogP contribution in [0, 0.1) is 5.41 Å². The Hall–Kier alpha value is -2.74. The number of phosphoric acid groups is 3. The fraction of sp³-hybridized carbons (Fsp3) is 0.697. The molecule has 352 valence electrons. The third-order valence-electron chi connectivity index (χ3n) is 9.08. The number of allylic oxidation sites excluding steroid dienone is 1. The monoisotopic (exact) mass is 963 g/mol. The average Bonchev–Trinajstić information content (AvgIpc) is 3.75. The molecule has 29 heteroatoms. The summed E-state index contributed by atoms with van der Waals surface area (Å²) in [6, 6.07) is 0. The van der Waals surface area contributed by atoms with Crippen molar-refractivity contribution in [1.29, 1.82) is 0 Å². The van der Waals surface area contributed by atoms with Crippen LogP contribution < -0.4 is 16.4 Å². The molecule has 1 aliphatic heterocycles. The van der Waals surface area contributed by atoms with Gasteiger partial charge in [-0.1, -0.05) is 57.0 Å². The van der Waals surface area contributed by atoms with Crippen molar-refractivity contribution in [2.24, 2.45) is 5.41 Å². The topological polar surface area (TPSA) is 384 Å². The minimum atomic E-state index is -5.58. The minimum Gasteiger partial charge on any atom is -0.393 e. The zero-order valence-corrected chi connectivity index (χ0v) is 37.7. The maximum atomic E-state index is 12.7. The maximum Gasteiger partial charge on any atom is 0.481 e. The van der Waals surface area contributed by atoms with Gasteiger partial charge in [0.1, 0.15) is 36.3 Å². The smallest absolute Gasteiger partial charge is 0.393 e. The standard InChI is InChI=1S/C33H56N7O18P3S/c1-4-5-10-21(41)11-8-6-7-9-12-24(43)62-16-15-35-23(42)13-14-36-31(46)28(45)33(2,3)18-55-61(52,53)58-60(50,51)54-17-22-27(57-59(47,48)49)26(44)32(56-22)40-20-39-25-29(34)37-19-38-30(25)40/h4-5,19-22,26-28,32,41,44-45H,6-18H2,1-3H3,(H,35,42)(H,36,46)(H,50,51)(H,52,53)(H2,34,37,38)(H2,47,48,49)/b5-4+. The van der Waals surface area contributed by atoms with Crippen LogP contribution >= 0.6 is 35.2 Å². The molecule has 11 N–H and O–H groups in total. The lowest BCUT2D eigenvalue weighted by molar-refractivity contribution is -0.137. The van der Waals surface area contributed by atoms with Gasteiger partial charge in [-0.2, -0.15) is 4.31 Å². The number of rotatable bonds is 28. The summed E-state index contributed by atoms with van der Waals surface area (Å²) in [4.78, 5) is 88.0. The van der Waals surface area contributed by atoms with E-state index in [-0.39, 0.29) is 47.7 Å². The second-order valence-electron chi connectivity index (χ2n) is 14.7. The van der Waals surface area contributed by atoms with E-state index in [4.69, 9.17) is 19.5 Å². The number of imidazole rings is 1. The van der Waals surface area contributed by atoms with Crippen molar-refractivity contribution >= 4 is 69.1 Å². The number of hydrogen-bond donors (Lipinski definition) is 10. The number of anilines is 1. The van der Waals surface area contributed by atoms with Gasteiger partial charge in [0.25, 0.3) is 0 Å². The Kier molecular flexibility index (Phi) is 21.2. The lowest BCUT2D eigenvalue weighted by atomic mass is 9.87. The van der Waals surface area contributed by atoms with E-state index in [0.717, 1.165) is 61.1 Å². The van der Waals surface area contributed by atoms with Crippen molar-refractivity contribution in [2.75, 3.05) is 37.8 Å². The van der Waals surface area contributed by atoms with E-state index in [2.05, 4.69) is 34.4 Å². The molecule has 1 saturated heterocycles. The first-order valence-electron chi connectivity index (χ1n) is 19.3. The molecule has 8 atom stereocenters. The molecule has 62 heavy (non-hydrogen) atoms. The normalized spacial score (nSPS) is 21.4. The Labute approximate surface area is 361 Å². The van der Waals surface area contributed by atoms with Gasteiger partial charge >= 0.3 is 23.5 Å². The SMILES string of the molecule is C/C=C/CC(O)CCCCCCC(=O)SCCNC(=O)CCNC(=O)C(O)C(C)(C)COP(=O)(O)OP(=O)(O)OCC1OC(n2cnc3c(N)ncnc32)C(O)C1OP(=O)(O)O. The summed E-state index contributed by atoms with van der Waals surface area (Å²) in [5.74, 6) is -1.11. The summed E-state index contributed by atoms with van der Waals surface area (Å²) in [5.41, 5.74) is 4.26. The number of nitrogens with zero attached hydrogens (tertiary/aromatic N) is 4. The number of ether oxygens (including phenoxy) is 1. The van der Waals surface area contributed by atoms with Crippen LogP contribution in [0.5, 0.6) is 0 Å². The van der Waals surface area contributed by atoms with Crippen LogP contribution in [0.15, 0.2) is 24.8 Å². The number of amides is 2. The highest BCUT2D eigenvalue weighted by Gasteiger charge is 2.50. The highest BCUT2D eigenvalue weighted by molar-refractivity contribution is 8.13. The van der Waals surface area contributed by atoms with E-state index in [0.29, 0.717) is 18.6 Å². The minimum absolute atomic E-state index is 0.00398. The second-order valence-corrected chi connectivity index (χ2v) is 20.1. The Morgan fingerprint density at radius 1 is 1.00 bits per heavy atom. The van der Waals surface area contributed by atoms with E-state index < -0.39 is 84.6 Å². The predicted molar refractivity (Wildman–Crippen MR) is 220 cm³/mol. The third kappa shape index (κ3) is 18.0. The van der Waals surface area contributed by atoms with Gasteiger partial charge in [-0.3, -0.25) is 32.5 Å². The summed E-state index contributed by atoms with van der Waals surface area (Å²) in [5, 5.41) is 36.3. The highest BCUT2D eigenvalue weighted by Crippen LogP contribution is 2.61. The number of aliphatic hydroxyl groups excluding tert-OH is 3. The van der Waals surface area contributed by atoms with Crippen LogP contribution in [0.1, 0.15) is 78.4 Å². The summed E-state index contributed by atoms with van der Waals surface area (Å²) in [6.45, 7) is 2.38. The molecule has 2 aromatic rings. The highest BCUT2D eigenvalue weighted by atomic mass is 32.2. The Morgan fingerprint density at radius 2 is 1.69 bits per heavy atom. The lowest BCUT2D eigenvalue weighted by Crippen LogP contribution is -2.46. The Bertz CT molecular complexity index is 1970. The largest absolute Gasteiger partial charge is 0.481 e. The molecule has 1 fully saturated rings. The number of unbranched alkanes of at least 4 members (excludes halogenated alkanes) is 3. The number of nitrogens with one attached hydrogen (secondary N) is 2. The first kappa shape index (κ1) is 53.6. The Morgan fingerprint density at radius 3 is 2.39 bits per heavy atom. The number of phosphoric ester groups is 3. The van der Waals surface area contributed by atoms with Crippen molar-refractivity contribution in [3.63, 3.8) is 0 Å². The van der Waals surface area contributed by atoms with Gasteiger partial charge in [-0.05, 0) is 26.2 Å². The van der Waals surface area contributed by atoms with E-state index in [1.54, 1.807) is 0 Å². The van der Waals surface area contributed by atoms with Crippen molar-refractivity contribution in [2.45, 2.75) is 109 Å². The molecule has 2 amide bonds. The fourth-order valence-electron chi connectivity index (χ4n) is 5.78. The van der Waals surface area contributed by atoms with Gasteiger partial charge < -0.3 is 56.0 Å². The number of thioether (sulfide) groups is 1. The predicted octanol–water partition coefficient (Wildman–Crippen LogP) is 1.33. The summed E-state index contributed by atoms with van der Waals surface area (Å²) < 4.78 is 62.3. The van der Waals surface area contributed by atoms with Gasteiger partial charge in [0.05, 0.1) is 25.6 Å². The average molecular weight is 964 g/mol. The fourth-order valence-corrected chi connectivity index (χ4v) is 9.33. The van der Waals surface area contributed by atoms with Crippen molar-refractivity contribution in [1.82, 2.24) is 30.2 Å². The number of nitrogen functional groups attached to an aromatic ring is 1. The van der Waals surface area contributed by atoms with Crippen LogP contribution in [-0.4, -0.2) is 134 Å². The van der Waals surface area contributed by atoms with Crippen molar-refractivity contribution in [3.8, 4) is 0 Å². The number of nitrogens with two attached hydrogens (primary N) is 1. The van der Waals surface area contributed by atoms with Gasteiger partial charge in [-0.25, -0.2) is 28.6 Å². The molecule has 0 aromatic carbocycles. The second kappa shape index (κ2) is 24.5. The molecule has 0 radical (unpaired) electrons. The molecule has 3 heterocycles. The Balaban J connectivity index is 1.38. The summed E-state index contributed by atoms with van der Waals surface area (Å²) in [6.07, 6.45) is 1.71. The van der Waals surface area contributed by atoms with Crippen LogP contribution in [0.4, 0.5) is 5.82 Å². The number of carbonyl (C=O) groups excluding carboxylic acids is 3. The number of carbonyl (C=O) groups is 3. The molecule has 1 aliphatic rings. The lowest BCUT2D eigenvalue weighted by Gasteiger charge is -2.30.